The molecule has 28 heavy (non-hydrogen) atoms. The summed E-state index contributed by atoms with van der Waals surface area (Å²) in [5.41, 5.74) is 9.67. The Bertz CT molecular complexity index is 1080. The van der Waals surface area contributed by atoms with Crippen LogP contribution in [0, 0.1) is 30.9 Å². The first kappa shape index (κ1) is 19.6. The van der Waals surface area contributed by atoms with E-state index in [-0.39, 0.29) is 10.6 Å². The Morgan fingerprint density at radius 2 is 1.75 bits per heavy atom. The summed E-state index contributed by atoms with van der Waals surface area (Å²) in [4.78, 5) is 19.3. The van der Waals surface area contributed by atoms with E-state index in [1.165, 1.54) is 6.07 Å². The van der Waals surface area contributed by atoms with Crippen LogP contribution in [0.2, 0.25) is 0 Å². The molecule has 2 aromatic rings. The van der Waals surface area contributed by atoms with Gasteiger partial charge in [-0.15, -0.1) is 0 Å². The van der Waals surface area contributed by atoms with Gasteiger partial charge in [-0.2, -0.15) is 0 Å². The van der Waals surface area contributed by atoms with Crippen LogP contribution in [0.25, 0.3) is 5.57 Å². The normalized spacial score (nSPS) is 15.8. The van der Waals surface area contributed by atoms with E-state index in [1.54, 1.807) is 19.2 Å². The molecular weight excluding hydrogens is 354 g/mol. The molecule has 0 aliphatic carbocycles. The Hall–Kier alpha value is -3.15. The lowest BCUT2D eigenvalue weighted by Crippen LogP contribution is -2.01. The molecule has 0 amide bonds. The number of nitro benzene ring substituents is 1. The van der Waals surface area contributed by atoms with Crippen molar-refractivity contribution >= 4 is 17.0 Å². The number of methoxy groups -OCH3 is 1. The number of nitrogens with zero attached hydrogens (tertiary/aromatic N) is 2. The van der Waals surface area contributed by atoms with E-state index >= 15 is 0 Å². The number of aryl methyl sites for hydroxylation is 1. The third kappa shape index (κ3) is 3.05. The lowest BCUT2D eigenvalue weighted by Gasteiger charge is -2.15. The Labute approximate surface area is 164 Å². The number of H-pyrrole nitrogens is 1. The predicted octanol–water partition coefficient (Wildman–Crippen LogP) is 5.43. The van der Waals surface area contributed by atoms with Crippen molar-refractivity contribution < 1.29 is 9.66 Å². The summed E-state index contributed by atoms with van der Waals surface area (Å²) in [6.45, 7) is 12.2. The zero-order chi connectivity index (χ0) is 20.7. The first-order chi connectivity index (χ1) is 13.2. The monoisotopic (exact) mass is 379 g/mol. The summed E-state index contributed by atoms with van der Waals surface area (Å²) in [6.07, 6.45) is 0. The van der Waals surface area contributed by atoms with Gasteiger partial charge in [0.05, 0.1) is 23.4 Å². The zero-order valence-electron chi connectivity index (χ0n) is 17.4. The molecule has 1 aliphatic rings. The van der Waals surface area contributed by atoms with Crippen LogP contribution in [0.4, 0.5) is 5.69 Å². The molecule has 1 N–H and O–H groups in total. The molecule has 1 aromatic heterocycles. The highest BCUT2D eigenvalue weighted by Gasteiger charge is 2.26. The summed E-state index contributed by atoms with van der Waals surface area (Å²) in [6, 6.07) is 4.67. The highest BCUT2D eigenvalue weighted by Crippen LogP contribution is 2.42. The van der Waals surface area contributed by atoms with Crippen LogP contribution in [-0.4, -0.2) is 22.7 Å². The Morgan fingerprint density at radius 1 is 1.07 bits per heavy atom. The number of nitro groups is 1. The minimum absolute atomic E-state index is 0.0172. The maximum absolute atomic E-state index is 11.4. The molecule has 6 heteroatoms. The summed E-state index contributed by atoms with van der Waals surface area (Å²) >= 11 is 0. The van der Waals surface area contributed by atoms with Gasteiger partial charge in [0, 0.05) is 34.7 Å². The Morgan fingerprint density at radius 3 is 2.21 bits per heavy atom. The van der Waals surface area contributed by atoms with Crippen LogP contribution in [0.15, 0.2) is 40.0 Å². The quantitative estimate of drug-likeness (QED) is 0.568. The average Bonchev–Trinajstić information content (AvgIpc) is 3.07. The molecule has 0 atom stereocenters. The number of hydrogen-bond donors (Lipinski definition) is 1. The molecule has 146 valence electrons. The third-order valence-electron chi connectivity index (χ3n) is 5.70. The van der Waals surface area contributed by atoms with Crippen molar-refractivity contribution in [1.29, 1.82) is 0 Å². The van der Waals surface area contributed by atoms with Crippen molar-refractivity contribution in [3.63, 3.8) is 0 Å². The number of aromatic nitrogens is 1. The zero-order valence-corrected chi connectivity index (χ0v) is 17.4. The average molecular weight is 379 g/mol. The molecule has 6 nitrogen and oxygen atoms in total. The van der Waals surface area contributed by atoms with Gasteiger partial charge in [0.15, 0.2) is 0 Å². The molecule has 2 heterocycles. The van der Waals surface area contributed by atoms with Crippen molar-refractivity contribution in [3.05, 3.63) is 73.2 Å². The lowest BCUT2D eigenvalue weighted by atomic mass is 9.93. The summed E-state index contributed by atoms with van der Waals surface area (Å²) in [5, 5.41) is 11.4. The van der Waals surface area contributed by atoms with Gasteiger partial charge < -0.3 is 9.72 Å². The number of rotatable bonds is 4. The maximum atomic E-state index is 11.4. The van der Waals surface area contributed by atoms with Gasteiger partial charge >= 0.3 is 0 Å². The number of ether oxygens (including phenoxy) is 1. The summed E-state index contributed by atoms with van der Waals surface area (Å²) in [7, 11) is 1.57. The fourth-order valence-electron chi connectivity index (χ4n) is 3.51. The molecule has 1 aliphatic heterocycles. The van der Waals surface area contributed by atoms with E-state index in [0.29, 0.717) is 11.3 Å². The number of hydrogen-bond acceptors (Lipinski definition) is 4. The summed E-state index contributed by atoms with van der Waals surface area (Å²) < 4.78 is 5.57. The van der Waals surface area contributed by atoms with Gasteiger partial charge in [0.25, 0.3) is 5.69 Å². The van der Waals surface area contributed by atoms with E-state index in [0.717, 1.165) is 50.6 Å². The second-order valence-corrected chi connectivity index (χ2v) is 7.19. The number of nitrogens with one attached hydrogen (secondary N) is 1. The van der Waals surface area contributed by atoms with E-state index in [2.05, 4.69) is 18.8 Å². The van der Waals surface area contributed by atoms with Gasteiger partial charge in [-0.25, -0.2) is 0 Å². The van der Waals surface area contributed by atoms with Crippen LogP contribution in [0.3, 0.4) is 0 Å². The minimum atomic E-state index is -0.388. The maximum Gasteiger partial charge on any atom is 0.270 e. The molecule has 0 saturated heterocycles. The smallest absolute Gasteiger partial charge is 0.270 e. The molecular formula is C22H25N3O3. The van der Waals surface area contributed by atoms with Gasteiger partial charge in [-0.05, 0) is 69.9 Å². The van der Waals surface area contributed by atoms with Gasteiger partial charge in [-0.1, -0.05) is 0 Å². The van der Waals surface area contributed by atoms with E-state index < -0.39 is 0 Å². The fraction of sp³-hybridized carbons (Fsp3) is 0.318. The highest BCUT2D eigenvalue weighted by atomic mass is 16.6. The Balaban J connectivity index is 2.46. The van der Waals surface area contributed by atoms with Crippen molar-refractivity contribution in [2.75, 3.05) is 7.11 Å². The molecule has 0 saturated carbocycles. The topological polar surface area (TPSA) is 80.5 Å². The van der Waals surface area contributed by atoms with Crippen molar-refractivity contribution in [1.82, 2.24) is 4.98 Å². The minimum Gasteiger partial charge on any atom is -0.496 e. The first-order valence-electron chi connectivity index (χ1n) is 9.14. The SMILES string of the molecule is COc1ccc([N+](=O)[O-])cc1/C(=C1/N=C(C)C(C)=C1C)c1[nH]c(C)c(C)c1C. The Kier molecular flexibility index (Phi) is 4.98. The molecule has 0 unspecified atom stereocenters. The van der Waals surface area contributed by atoms with Gasteiger partial charge in [-0.3, -0.25) is 15.1 Å². The van der Waals surface area contributed by atoms with Crippen molar-refractivity contribution in [2.45, 2.75) is 41.5 Å². The van der Waals surface area contributed by atoms with Gasteiger partial charge in [0.2, 0.25) is 0 Å². The largest absolute Gasteiger partial charge is 0.496 e. The number of benzene rings is 1. The molecule has 3 rings (SSSR count). The predicted molar refractivity (Wildman–Crippen MR) is 112 cm³/mol. The number of non-ortho nitro benzene ring substituents is 1. The van der Waals surface area contributed by atoms with Crippen molar-refractivity contribution in [2.24, 2.45) is 4.99 Å². The van der Waals surface area contributed by atoms with Crippen LogP contribution in [-0.2, 0) is 0 Å². The van der Waals surface area contributed by atoms with Crippen LogP contribution >= 0.6 is 0 Å². The molecule has 0 radical (unpaired) electrons. The first-order valence-corrected chi connectivity index (χ1v) is 9.14. The molecule has 1 aromatic carbocycles. The lowest BCUT2D eigenvalue weighted by molar-refractivity contribution is -0.384. The highest BCUT2D eigenvalue weighted by molar-refractivity contribution is 6.05. The van der Waals surface area contributed by atoms with E-state index in [1.807, 2.05) is 27.7 Å². The number of aliphatic imine (C=N–C) groups is 1. The second kappa shape index (κ2) is 7.11. The third-order valence-corrected chi connectivity index (χ3v) is 5.70. The van der Waals surface area contributed by atoms with Crippen LogP contribution in [0.1, 0.15) is 48.8 Å². The molecule has 0 spiro atoms. The summed E-state index contributed by atoms with van der Waals surface area (Å²) in [5.74, 6) is 0.572. The second-order valence-electron chi connectivity index (χ2n) is 7.19. The van der Waals surface area contributed by atoms with E-state index in [9.17, 15) is 10.1 Å². The number of aromatic amines is 1. The van der Waals surface area contributed by atoms with E-state index in [4.69, 9.17) is 9.73 Å². The van der Waals surface area contributed by atoms with Crippen molar-refractivity contribution in [3.8, 4) is 5.75 Å². The molecule has 0 fully saturated rings. The molecule has 0 bridgehead atoms. The van der Waals surface area contributed by atoms with Gasteiger partial charge in [0.1, 0.15) is 5.75 Å². The fourth-order valence-corrected chi connectivity index (χ4v) is 3.51. The number of allylic oxidation sites excluding steroid dienone is 2. The standard InChI is InChI=1S/C22H25N3O3/c1-11-13(3)21(23-15(11)5)20(22-14(4)12(2)16(6)24-22)18-10-17(25(26)27)8-9-19(18)28-7/h8-10,23H,1-7H3/b22-20-. The van der Waals surface area contributed by atoms with Crippen LogP contribution in [0.5, 0.6) is 5.75 Å². The van der Waals surface area contributed by atoms with Crippen LogP contribution < -0.4 is 4.74 Å².